The maximum absolute atomic E-state index is 12.9. The molecule has 3 heterocycles. The zero-order valence-corrected chi connectivity index (χ0v) is 11.9. The molecule has 7 nitrogen and oxygen atoms in total. The molecule has 120 valence electrons. The van der Waals surface area contributed by atoms with Crippen molar-refractivity contribution in [2.45, 2.75) is 25.0 Å². The number of aromatic nitrogens is 1. The Bertz CT molecular complexity index is 595. The number of pyridine rings is 1. The van der Waals surface area contributed by atoms with Gasteiger partial charge >= 0.3 is 5.82 Å². The van der Waals surface area contributed by atoms with Crippen LogP contribution in [0.3, 0.4) is 0 Å². The third-order valence-corrected chi connectivity index (χ3v) is 4.25. The van der Waals surface area contributed by atoms with Crippen molar-refractivity contribution >= 4 is 11.5 Å². The predicted octanol–water partition coefficient (Wildman–Crippen LogP) is 1.92. The van der Waals surface area contributed by atoms with Crippen molar-refractivity contribution in [2.75, 3.05) is 31.3 Å². The smallest absolute Gasteiger partial charge is 0.375 e. The lowest BCUT2D eigenvalue weighted by atomic mass is 9.90. The Morgan fingerprint density at radius 3 is 2.82 bits per heavy atom. The zero-order valence-electron chi connectivity index (χ0n) is 11.9. The Morgan fingerprint density at radius 2 is 2.27 bits per heavy atom. The molecule has 9 heteroatoms. The summed E-state index contributed by atoms with van der Waals surface area (Å²) in [6, 6.07) is 0.911. The van der Waals surface area contributed by atoms with E-state index in [0.29, 0.717) is 26.4 Å². The highest BCUT2D eigenvalue weighted by Gasteiger charge is 2.50. The molecule has 3 rings (SSSR count). The van der Waals surface area contributed by atoms with Crippen LogP contribution in [0.4, 0.5) is 20.3 Å². The fraction of sp³-hybridized carbons (Fsp3) is 0.615. The number of nitro groups is 1. The van der Waals surface area contributed by atoms with E-state index in [4.69, 9.17) is 9.47 Å². The van der Waals surface area contributed by atoms with E-state index in [1.165, 1.54) is 0 Å². The molecule has 1 aromatic heterocycles. The van der Waals surface area contributed by atoms with Crippen LogP contribution in [0.2, 0.25) is 0 Å². The SMILES string of the molecule is CC1N(c2cc(C(F)F)cnc2[N+](=O)[O-])CCOC12COC2. The Kier molecular flexibility index (Phi) is 3.69. The van der Waals surface area contributed by atoms with Crippen molar-refractivity contribution in [2.24, 2.45) is 0 Å². The van der Waals surface area contributed by atoms with Gasteiger partial charge in [0, 0.05) is 6.54 Å². The van der Waals surface area contributed by atoms with Crippen molar-refractivity contribution in [3.8, 4) is 0 Å². The van der Waals surface area contributed by atoms with Gasteiger partial charge < -0.3 is 24.5 Å². The minimum Gasteiger partial charge on any atom is -0.375 e. The summed E-state index contributed by atoms with van der Waals surface area (Å²) in [4.78, 5) is 15.8. The number of rotatable bonds is 3. The Morgan fingerprint density at radius 1 is 1.55 bits per heavy atom. The van der Waals surface area contributed by atoms with Crippen LogP contribution in [-0.2, 0) is 9.47 Å². The Hall–Kier alpha value is -1.87. The van der Waals surface area contributed by atoms with Gasteiger partial charge in [0.05, 0.1) is 31.4 Å². The van der Waals surface area contributed by atoms with Crippen molar-refractivity contribution in [3.63, 3.8) is 0 Å². The highest BCUT2D eigenvalue weighted by molar-refractivity contribution is 5.62. The minimum absolute atomic E-state index is 0.102. The maximum atomic E-state index is 12.9. The van der Waals surface area contributed by atoms with Crippen LogP contribution in [0.15, 0.2) is 12.3 Å². The van der Waals surface area contributed by atoms with Gasteiger partial charge in [-0.05, 0) is 22.9 Å². The molecule has 0 amide bonds. The van der Waals surface area contributed by atoms with Crippen LogP contribution < -0.4 is 4.90 Å². The summed E-state index contributed by atoms with van der Waals surface area (Å²) in [5.41, 5.74) is -0.768. The lowest BCUT2D eigenvalue weighted by molar-refractivity contribution is -0.388. The Labute approximate surface area is 125 Å². The predicted molar refractivity (Wildman–Crippen MR) is 72.2 cm³/mol. The largest absolute Gasteiger partial charge is 0.387 e. The van der Waals surface area contributed by atoms with E-state index in [1.807, 2.05) is 6.92 Å². The van der Waals surface area contributed by atoms with E-state index in [2.05, 4.69) is 4.98 Å². The number of ether oxygens (including phenoxy) is 2. The summed E-state index contributed by atoms with van der Waals surface area (Å²) in [5.74, 6) is -0.423. The fourth-order valence-electron chi connectivity index (χ4n) is 2.84. The van der Waals surface area contributed by atoms with Crippen molar-refractivity contribution in [1.82, 2.24) is 4.98 Å². The van der Waals surface area contributed by atoms with Gasteiger partial charge in [-0.25, -0.2) is 8.78 Å². The van der Waals surface area contributed by atoms with Crippen LogP contribution in [0, 0.1) is 10.1 Å². The van der Waals surface area contributed by atoms with Gasteiger partial charge in [0.2, 0.25) is 0 Å². The highest BCUT2D eigenvalue weighted by Crippen LogP contribution is 2.38. The summed E-state index contributed by atoms with van der Waals surface area (Å²) in [6.45, 7) is 3.35. The van der Waals surface area contributed by atoms with Crippen molar-refractivity contribution in [1.29, 1.82) is 0 Å². The average molecular weight is 315 g/mol. The summed E-state index contributed by atoms with van der Waals surface area (Å²) >= 11 is 0. The van der Waals surface area contributed by atoms with E-state index < -0.39 is 22.8 Å². The van der Waals surface area contributed by atoms with Gasteiger partial charge in [0.15, 0.2) is 0 Å². The van der Waals surface area contributed by atoms with E-state index in [0.717, 1.165) is 12.3 Å². The Balaban J connectivity index is 2.01. The van der Waals surface area contributed by atoms with Gasteiger partial charge in [-0.2, -0.15) is 0 Å². The molecule has 1 unspecified atom stereocenters. The third kappa shape index (κ3) is 2.30. The molecule has 2 saturated heterocycles. The van der Waals surface area contributed by atoms with Gasteiger partial charge in [-0.15, -0.1) is 0 Å². The van der Waals surface area contributed by atoms with Gasteiger partial charge in [-0.1, -0.05) is 0 Å². The average Bonchev–Trinajstić information content (AvgIpc) is 2.45. The molecule has 0 aliphatic carbocycles. The zero-order chi connectivity index (χ0) is 15.9. The number of hydrogen-bond donors (Lipinski definition) is 0. The van der Waals surface area contributed by atoms with E-state index in [9.17, 15) is 18.9 Å². The first-order valence-electron chi connectivity index (χ1n) is 6.85. The van der Waals surface area contributed by atoms with Crippen molar-refractivity contribution in [3.05, 3.63) is 27.9 Å². The van der Waals surface area contributed by atoms with Crippen molar-refractivity contribution < 1.29 is 23.2 Å². The standard InChI is InChI=1S/C13H15F2N3O4/c1-8-13(6-21-7-13)22-3-2-17(8)10-4-9(11(14)15)5-16-12(10)18(19)20/h4-5,8,11H,2-3,6-7H2,1H3. The van der Waals surface area contributed by atoms with E-state index in [-0.39, 0.29) is 17.3 Å². The second-order valence-electron chi connectivity index (χ2n) is 5.44. The number of halogens is 2. The van der Waals surface area contributed by atoms with Crippen LogP contribution in [-0.4, -0.2) is 47.9 Å². The first-order chi connectivity index (χ1) is 10.4. The molecule has 22 heavy (non-hydrogen) atoms. The molecule has 1 spiro atoms. The molecule has 2 fully saturated rings. The second kappa shape index (κ2) is 5.40. The molecule has 1 atom stereocenters. The minimum atomic E-state index is -2.73. The summed E-state index contributed by atoms with van der Waals surface area (Å²) in [7, 11) is 0. The summed E-state index contributed by atoms with van der Waals surface area (Å²) in [6.07, 6.45) is -1.89. The topological polar surface area (TPSA) is 77.7 Å². The highest BCUT2D eigenvalue weighted by atomic mass is 19.3. The van der Waals surface area contributed by atoms with Gasteiger partial charge in [-0.3, -0.25) is 0 Å². The second-order valence-corrected chi connectivity index (χ2v) is 5.44. The monoisotopic (exact) mass is 315 g/mol. The molecule has 2 aliphatic rings. The van der Waals surface area contributed by atoms with E-state index >= 15 is 0 Å². The van der Waals surface area contributed by atoms with Gasteiger partial charge in [0.1, 0.15) is 17.5 Å². The molecule has 0 aromatic carbocycles. The fourth-order valence-corrected chi connectivity index (χ4v) is 2.84. The first kappa shape index (κ1) is 15.0. The molecule has 0 saturated carbocycles. The molecule has 0 radical (unpaired) electrons. The lowest BCUT2D eigenvalue weighted by Gasteiger charge is -2.53. The first-order valence-corrected chi connectivity index (χ1v) is 6.85. The number of anilines is 1. The molecular formula is C13H15F2N3O4. The maximum Gasteiger partial charge on any atom is 0.387 e. The number of morpholine rings is 1. The number of nitrogens with zero attached hydrogens (tertiary/aromatic N) is 3. The van der Waals surface area contributed by atoms with E-state index in [1.54, 1.807) is 4.90 Å². The van der Waals surface area contributed by atoms with Crippen LogP contribution in [0.5, 0.6) is 0 Å². The van der Waals surface area contributed by atoms with Crippen LogP contribution in [0.25, 0.3) is 0 Å². The number of hydrogen-bond acceptors (Lipinski definition) is 6. The summed E-state index contributed by atoms with van der Waals surface area (Å²) < 4.78 is 36.7. The molecule has 1 aromatic rings. The van der Waals surface area contributed by atoms with Crippen LogP contribution >= 0.6 is 0 Å². The molecule has 0 bridgehead atoms. The third-order valence-electron chi connectivity index (χ3n) is 4.25. The quantitative estimate of drug-likeness (QED) is 0.626. The molecular weight excluding hydrogens is 300 g/mol. The summed E-state index contributed by atoms with van der Waals surface area (Å²) in [5, 5.41) is 11.2. The lowest BCUT2D eigenvalue weighted by Crippen LogP contribution is -2.68. The molecule has 0 N–H and O–H groups in total. The molecule has 2 aliphatic heterocycles. The van der Waals surface area contributed by atoms with Gasteiger partial charge in [0.25, 0.3) is 6.43 Å². The normalized spacial score (nSPS) is 23.6. The van der Waals surface area contributed by atoms with Crippen LogP contribution in [0.1, 0.15) is 18.9 Å². The number of alkyl halides is 2.